The number of hydrogen-bond acceptors (Lipinski definition) is 7. The molecule has 21 heavy (non-hydrogen) atoms. The van der Waals surface area contributed by atoms with Gasteiger partial charge in [0.25, 0.3) is 0 Å². The Hall–Kier alpha value is -2.29. The normalized spacial score (nSPS) is 10.2. The van der Waals surface area contributed by atoms with Gasteiger partial charge in [0.2, 0.25) is 5.82 Å². The van der Waals surface area contributed by atoms with Crippen LogP contribution in [-0.2, 0) is 6.54 Å². The van der Waals surface area contributed by atoms with Crippen LogP contribution in [0, 0.1) is 17.0 Å². The van der Waals surface area contributed by atoms with E-state index in [2.05, 4.69) is 36.2 Å². The minimum atomic E-state index is -0.522. The molecule has 0 aliphatic heterocycles. The summed E-state index contributed by atoms with van der Waals surface area (Å²) in [5, 5.41) is 14.0. The van der Waals surface area contributed by atoms with Gasteiger partial charge in [-0.05, 0) is 35.0 Å². The lowest BCUT2D eigenvalue weighted by Gasteiger charge is -2.08. The van der Waals surface area contributed by atoms with Crippen LogP contribution >= 0.6 is 15.9 Å². The maximum absolute atomic E-state index is 11.1. The highest BCUT2D eigenvalue weighted by molar-refractivity contribution is 9.10. The van der Waals surface area contributed by atoms with Crippen molar-refractivity contribution in [2.24, 2.45) is 0 Å². The number of pyridine rings is 1. The molecule has 2 rings (SSSR count). The van der Waals surface area contributed by atoms with E-state index in [1.54, 1.807) is 12.3 Å². The van der Waals surface area contributed by atoms with Gasteiger partial charge in [-0.2, -0.15) is 9.97 Å². The Labute approximate surface area is 128 Å². The molecule has 0 aliphatic rings. The van der Waals surface area contributed by atoms with Crippen molar-refractivity contribution >= 4 is 27.4 Å². The zero-order chi connectivity index (χ0) is 15.4. The van der Waals surface area contributed by atoms with Gasteiger partial charge in [-0.15, -0.1) is 0 Å². The quantitative estimate of drug-likeness (QED) is 0.650. The Balaban J connectivity index is 2.27. The van der Waals surface area contributed by atoms with Gasteiger partial charge in [0.05, 0.1) is 24.3 Å². The molecule has 0 unspecified atom stereocenters. The summed E-state index contributed by atoms with van der Waals surface area (Å²) in [6, 6.07) is 3.71. The first-order valence-corrected chi connectivity index (χ1v) is 6.72. The van der Waals surface area contributed by atoms with Crippen LogP contribution in [0.25, 0.3) is 0 Å². The molecule has 0 aromatic carbocycles. The Morgan fingerprint density at radius 3 is 2.76 bits per heavy atom. The van der Waals surface area contributed by atoms with Crippen molar-refractivity contribution in [3.63, 3.8) is 0 Å². The average molecular weight is 354 g/mol. The van der Waals surface area contributed by atoms with E-state index in [1.807, 2.05) is 6.07 Å². The maximum Gasteiger partial charge on any atom is 0.332 e. The van der Waals surface area contributed by atoms with E-state index in [-0.39, 0.29) is 23.2 Å². The summed E-state index contributed by atoms with van der Waals surface area (Å²) < 4.78 is 5.79. The number of aryl methyl sites for hydroxylation is 1. The first-order chi connectivity index (χ1) is 10.0. The highest BCUT2D eigenvalue weighted by atomic mass is 79.9. The number of anilines is 1. The van der Waals surface area contributed by atoms with Crippen molar-refractivity contribution in [1.82, 2.24) is 15.0 Å². The van der Waals surface area contributed by atoms with Gasteiger partial charge < -0.3 is 10.1 Å². The van der Waals surface area contributed by atoms with Crippen molar-refractivity contribution in [1.29, 1.82) is 0 Å². The van der Waals surface area contributed by atoms with Crippen LogP contribution in [0.2, 0.25) is 0 Å². The molecule has 0 aliphatic carbocycles. The third-order valence-electron chi connectivity index (χ3n) is 2.63. The monoisotopic (exact) mass is 353 g/mol. The Morgan fingerprint density at radius 1 is 1.43 bits per heavy atom. The molecule has 2 aromatic heterocycles. The standard InChI is InChI=1S/C12H12BrN5O3/c1-7-10(18(19)20)11(17-12(16-7)21-2)15-6-9-4-3-8(13)5-14-9/h3-5H,6H2,1-2H3,(H,15,16,17). The van der Waals surface area contributed by atoms with Gasteiger partial charge in [0.1, 0.15) is 5.69 Å². The summed E-state index contributed by atoms with van der Waals surface area (Å²) in [4.78, 5) is 22.7. The number of nitro groups is 1. The Morgan fingerprint density at radius 2 is 2.19 bits per heavy atom. The van der Waals surface area contributed by atoms with E-state index in [0.717, 1.165) is 10.2 Å². The van der Waals surface area contributed by atoms with Gasteiger partial charge >= 0.3 is 11.7 Å². The Bertz CT molecular complexity index is 663. The molecule has 9 heteroatoms. The molecule has 8 nitrogen and oxygen atoms in total. The lowest BCUT2D eigenvalue weighted by atomic mass is 10.3. The number of halogens is 1. The van der Waals surface area contributed by atoms with E-state index in [1.165, 1.54) is 14.0 Å². The number of hydrogen-bond donors (Lipinski definition) is 1. The summed E-state index contributed by atoms with van der Waals surface area (Å²) >= 11 is 3.29. The molecule has 0 saturated heterocycles. The second-order valence-electron chi connectivity index (χ2n) is 4.07. The predicted octanol–water partition coefficient (Wildman–Crippen LogP) is 2.47. The van der Waals surface area contributed by atoms with Crippen molar-refractivity contribution in [3.8, 4) is 6.01 Å². The summed E-state index contributed by atoms with van der Waals surface area (Å²) in [5.41, 5.74) is 0.786. The molecule has 110 valence electrons. The van der Waals surface area contributed by atoms with Crippen molar-refractivity contribution in [2.45, 2.75) is 13.5 Å². The van der Waals surface area contributed by atoms with Crippen molar-refractivity contribution in [3.05, 3.63) is 44.3 Å². The average Bonchev–Trinajstić information content (AvgIpc) is 2.45. The van der Waals surface area contributed by atoms with Gasteiger partial charge in [-0.3, -0.25) is 15.1 Å². The number of nitrogens with zero attached hydrogens (tertiary/aromatic N) is 4. The fourth-order valence-corrected chi connectivity index (χ4v) is 1.89. The molecule has 0 spiro atoms. The molecular formula is C12H12BrN5O3. The third kappa shape index (κ3) is 3.63. The fraction of sp³-hybridized carbons (Fsp3) is 0.250. The number of methoxy groups -OCH3 is 1. The zero-order valence-electron chi connectivity index (χ0n) is 11.3. The number of aromatic nitrogens is 3. The molecule has 1 N–H and O–H groups in total. The van der Waals surface area contributed by atoms with Gasteiger partial charge in [-0.1, -0.05) is 0 Å². The third-order valence-corrected chi connectivity index (χ3v) is 3.10. The van der Waals surface area contributed by atoms with Crippen LogP contribution in [0.3, 0.4) is 0 Å². The summed E-state index contributed by atoms with van der Waals surface area (Å²) in [6.07, 6.45) is 1.65. The molecular weight excluding hydrogens is 342 g/mol. The SMILES string of the molecule is COc1nc(C)c([N+](=O)[O-])c(NCc2ccc(Br)cn2)n1. The molecule has 0 bridgehead atoms. The number of ether oxygens (including phenoxy) is 1. The van der Waals surface area contributed by atoms with Crippen LogP contribution in [0.4, 0.5) is 11.5 Å². The second-order valence-corrected chi connectivity index (χ2v) is 4.99. The van der Waals surface area contributed by atoms with E-state index >= 15 is 0 Å². The number of nitrogens with one attached hydrogen (secondary N) is 1. The Kier molecular flexibility index (Phi) is 4.63. The summed E-state index contributed by atoms with van der Waals surface area (Å²) in [7, 11) is 1.40. The minimum absolute atomic E-state index is 0.0735. The first kappa shape index (κ1) is 15.1. The van der Waals surface area contributed by atoms with Crippen molar-refractivity contribution < 1.29 is 9.66 Å². The molecule has 0 saturated carbocycles. The molecule has 2 aromatic rings. The highest BCUT2D eigenvalue weighted by Gasteiger charge is 2.22. The van der Waals surface area contributed by atoms with Crippen LogP contribution < -0.4 is 10.1 Å². The molecule has 0 atom stereocenters. The van der Waals surface area contributed by atoms with Gasteiger partial charge in [0.15, 0.2) is 0 Å². The predicted molar refractivity (Wildman–Crippen MR) is 79.2 cm³/mol. The summed E-state index contributed by atoms with van der Waals surface area (Å²) in [6.45, 7) is 1.83. The number of rotatable bonds is 5. The molecule has 0 amide bonds. The molecule has 2 heterocycles. The molecule has 0 fully saturated rings. The van der Waals surface area contributed by atoms with Crippen molar-refractivity contribution in [2.75, 3.05) is 12.4 Å². The van der Waals surface area contributed by atoms with Crippen LogP contribution in [-0.4, -0.2) is 27.0 Å². The van der Waals surface area contributed by atoms with Gasteiger partial charge in [0, 0.05) is 10.7 Å². The van der Waals surface area contributed by atoms with E-state index in [4.69, 9.17) is 4.74 Å². The highest BCUT2D eigenvalue weighted by Crippen LogP contribution is 2.27. The minimum Gasteiger partial charge on any atom is -0.467 e. The fourth-order valence-electron chi connectivity index (χ4n) is 1.66. The maximum atomic E-state index is 11.1. The largest absolute Gasteiger partial charge is 0.467 e. The van der Waals surface area contributed by atoms with E-state index in [0.29, 0.717) is 6.54 Å². The van der Waals surface area contributed by atoms with Crippen LogP contribution in [0.15, 0.2) is 22.8 Å². The lowest BCUT2D eigenvalue weighted by molar-refractivity contribution is -0.385. The van der Waals surface area contributed by atoms with E-state index in [9.17, 15) is 10.1 Å². The summed E-state index contributed by atoms with van der Waals surface area (Å²) in [5.74, 6) is 0.106. The van der Waals surface area contributed by atoms with E-state index < -0.39 is 4.92 Å². The molecule has 0 radical (unpaired) electrons. The van der Waals surface area contributed by atoms with Crippen LogP contribution in [0.5, 0.6) is 6.01 Å². The van der Waals surface area contributed by atoms with Gasteiger partial charge in [-0.25, -0.2) is 0 Å². The topological polar surface area (TPSA) is 103 Å². The smallest absolute Gasteiger partial charge is 0.332 e. The lowest BCUT2D eigenvalue weighted by Crippen LogP contribution is -2.09. The van der Waals surface area contributed by atoms with Crippen LogP contribution in [0.1, 0.15) is 11.4 Å². The second kappa shape index (κ2) is 6.44. The first-order valence-electron chi connectivity index (χ1n) is 5.92. The zero-order valence-corrected chi connectivity index (χ0v) is 12.9.